The molecule has 0 saturated carbocycles. The van der Waals surface area contributed by atoms with Gasteiger partial charge in [0.15, 0.2) is 6.61 Å². The average Bonchev–Trinajstić information content (AvgIpc) is 3.25. The van der Waals surface area contributed by atoms with Crippen molar-refractivity contribution in [1.82, 2.24) is 14.8 Å². The van der Waals surface area contributed by atoms with Gasteiger partial charge in [-0.2, -0.15) is 31.4 Å². The number of nitrogens with one attached hydrogen (secondary N) is 1. The summed E-state index contributed by atoms with van der Waals surface area (Å²) in [6.07, 6.45) is -6.94. The largest absolute Gasteiger partial charge is 0.452 e. The quantitative estimate of drug-likeness (QED) is 0.460. The fourth-order valence-corrected chi connectivity index (χ4v) is 2.54. The third-order valence-electron chi connectivity index (χ3n) is 4.05. The molecule has 0 aliphatic carbocycles. The van der Waals surface area contributed by atoms with Crippen molar-refractivity contribution >= 4 is 17.6 Å². The highest BCUT2D eigenvalue weighted by molar-refractivity contribution is 5.96. The van der Waals surface area contributed by atoms with E-state index in [2.05, 4.69) is 15.4 Å². The first-order valence-corrected chi connectivity index (χ1v) is 8.65. The lowest BCUT2D eigenvalue weighted by molar-refractivity contribution is -0.138. The maximum atomic E-state index is 13.0. The van der Waals surface area contributed by atoms with Gasteiger partial charge in [0.2, 0.25) is 0 Å². The van der Waals surface area contributed by atoms with Gasteiger partial charge in [-0.05, 0) is 42.5 Å². The van der Waals surface area contributed by atoms with Crippen LogP contribution in [0.4, 0.5) is 32.0 Å². The number of hydrogen-bond donors (Lipinski definition) is 1. The summed E-state index contributed by atoms with van der Waals surface area (Å²) in [5, 5.41) is 5.99. The molecule has 0 unspecified atom stereocenters. The zero-order valence-electron chi connectivity index (χ0n) is 15.7. The van der Waals surface area contributed by atoms with E-state index in [1.165, 1.54) is 6.33 Å². The van der Waals surface area contributed by atoms with Gasteiger partial charge >= 0.3 is 18.3 Å². The van der Waals surface area contributed by atoms with Crippen molar-refractivity contribution in [2.45, 2.75) is 12.4 Å². The SMILES string of the molecule is O=C(COC(=O)c1ccc(C(F)(F)F)cc1)Nc1cc(C(F)(F)F)ccc1-n1cncn1. The smallest absolute Gasteiger partial charge is 0.416 e. The summed E-state index contributed by atoms with van der Waals surface area (Å²) >= 11 is 0. The van der Waals surface area contributed by atoms with Crippen molar-refractivity contribution in [1.29, 1.82) is 0 Å². The topological polar surface area (TPSA) is 86.1 Å². The first-order chi connectivity index (χ1) is 14.9. The Morgan fingerprint density at radius 2 is 1.56 bits per heavy atom. The molecular weight excluding hydrogens is 446 g/mol. The van der Waals surface area contributed by atoms with Crippen LogP contribution in [0, 0.1) is 0 Å². The van der Waals surface area contributed by atoms with Gasteiger partial charge in [-0.3, -0.25) is 4.79 Å². The third kappa shape index (κ3) is 5.42. The predicted molar refractivity (Wildman–Crippen MR) is 96.7 cm³/mol. The summed E-state index contributed by atoms with van der Waals surface area (Å²) in [6.45, 7) is -0.896. The van der Waals surface area contributed by atoms with E-state index in [-0.39, 0.29) is 16.9 Å². The second kappa shape index (κ2) is 8.69. The molecule has 0 bridgehead atoms. The number of benzene rings is 2. The van der Waals surface area contributed by atoms with E-state index in [0.29, 0.717) is 18.2 Å². The van der Waals surface area contributed by atoms with Crippen LogP contribution in [0.2, 0.25) is 0 Å². The molecule has 168 valence electrons. The van der Waals surface area contributed by atoms with E-state index in [0.717, 1.165) is 35.3 Å². The lowest BCUT2D eigenvalue weighted by Gasteiger charge is -2.14. The van der Waals surface area contributed by atoms with E-state index >= 15 is 0 Å². The van der Waals surface area contributed by atoms with Gasteiger partial charge in [0.25, 0.3) is 5.91 Å². The molecule has 7 nitrogen and oxygen atoms in total. The Hall–Kier alpha value is -3.90. The van der Waals surface area contributed by atoms with E-state index < -0.39 is 42.0 Å². The maximum Gasteiger partial charge on any atom is 0.416 e. The Morgan fingerprint density at radius 1 is 0.938 bits per heavy atom. The molecule has 0 atom stereocenters. The number of aromatic nitrogens is 3. The van der Waals surface area contributed by atoms with E-state index in [4.69, 9.17) is 4.74 Å². The summed E-state index contributed by atoms with van der Waals surface area (Å²) in [5.41, 5.74) is -2.47. The molecule has 1 heterocycles. The number of halogens is 6. The molecule has 0 fully saturated rings. The molecule has 3 aromatic rings. The van der Waals surface area contributed by atoms with Crippen molar-refractivity contribution in [3.63, 3.8) is 0 Å². The van der Waals surface area contributed by atoms with Crippen molar-refractivity contribution in [3.05, 3.63) is 71.8 Å². The summed E-state index contributed by atoms with van der Waals surface area (Å²) in [5.74, 6) is -2.07. The van der Waals surface area contributed by atoms with Crippen molar-refractivity contribution in [2.24, 2.45) is 0 Å². The fraction of sp³-hybridized carbons (Fsp3) is 0.158. The first-order valence-electron chi connectivity index (χ1n) is 8.65. The fourth-order valence-electron chi connectivity index (χ4n) is 2.54. The lowest BCUT2D eigenvalue weighted by atomic mass is 10.1. The van der Waals surface area contributed by atoms with E-state index in [1.54, 1.807) is 0 Å². The van der Waals surface area contributed by atoms with Crippen LogP contribution in [-0.4, -0.2) is 33.2 Å². The first kappa shape index (κ1) is 22.8. The van der Waals surface area contributed by atoms with Gasteiger partial charge in [0.1, 0.15) is 12.7 Å². The minimum Gasteiger partial charge on any atom is -0.452 e. The van der Waals surface area contributed by atoms with Crippen LogP contribution in [0.3, 0.4) is 0 Å². The molecule has 2 aromatic carbocycles. The van der Waals surface area contributed by atoms with Gasteiger partial charge in [0, 0.05) is 0 Å². The van der Waals surface area contributed by atoms with E-state index in [9.17, 15) is 35.9 Å². The zero-order chi connectivity index (χ0) is 23.5. The number of carbonyl (C=O) groups excluding carboxylic acids is 2. The van der Waals surface area contributed by atoms with Crippen LogP contribution in [-0.2, 0) is 21.9 Å². The molecule has 0 aliphatic rings. The summed E-state index contributed by atoms with van der Waals surface area (Å²) in [4.78, 5) is 27.8. The van der Waals surface area contributed by atoms with Gasteiger partial charge in [0.05, 0.1) is 28.1 Å². The minimum absolute atomic E-state index is 0.0675. The molecule has 1 aromatic heterocycles. The van der Waals surface area contributed by atoms with Gasteiger partial charge in [-0.1, -0.05) is 0 Å². The van der Waals surface area contributed by atoms with Crippen LogP contribution < -0.4 is 5.32 Å². The van der Waals surface area contributed by atoms with Crippen LogP contribution in [0.1, 0.15) is 21.5 Å². The van der Waals surface area contributed by atoms with Crippen LogP contribution in [0.25, 0.3) is 5.69 Å². The third-order valence-corrected chi connectivity index (χ3v) is 4.05. The Balaban J connectivity index is 1.71. The number of rotatable bonds is 5. The number of esters is 1. The van der Waals surface area contributed by atoms with Crippen molar-refractivity contribution in [2.75, 3.05) is 11.9 Å². The predicted octanol–water partition coefficient (Wildman–Crippen LogP) is 4.10. The number of anilines is 1. The summed E-state index contributed by atoms with van der Waals surface area (Å²) in [7, 11) is 0. The molecular formula is C19H12F6N4O3. The maximum absolute atomic E-state index is 13.0. The van der Waals surface area contributed by atoms with Crippen molar-refractivity contribution < 1.29 is 40.7 Å². The monoisotopic (exact) mass is 458 g/mol. The molecule has 0 aliphatic heterocycles. The number of alkyl halides is 6. The highest BCUT2D eigenvalue weighted by Gasteiger charge is 2.32. The molecule has 1 amide bonds. The van der Waals surface area contributed by atoms with E-state index in [1.807, 2.05) is 0 Å². The zero-order valence-corrected chi connectivity index (χ0v) is 15.7. The minimum atomic E-state index is -4.69. The van der Waals surface area contributed by atoms with Crippen molar-refractivity contribution in [3.8, 4) is 5.69 Å². The highest BCUT2D eigenvalue weighted by atomic mass is 19.4. The van der Waals surface area contributed by atoms with Crippen LogP contribution in [0.15, 0.2) is 55.1 Å². The Kier molecular flexibility index (Phi) is 6.18. The number of carbonyl (C=O) groups is 2. The molecule has 0 spiro atoms. The summed E-state index contributed by atoms with van der Waals surface area (Å²) in [6, 6.07) is 5.62. The molecule has 0 radical (unpaired) electrons. The Labute approximate surface area is 175 Å². The molecule has 32 heavy (non-hydrogen) atoms. The number of amides is 1. The second-order valence-electron chi connectivity index (χ2n) is 6.27. The lowest BCUT2D eigenvalue weighted by Crippen LogP contribution is -2.22. The Bertz CT molecular complexity index is 1110. The van der Waals surface area contributed by atoms with Gasteiger partial charge in [-0.15, -0.1) is 0 Å². The van der Waals surface area contributed by atoms with Crippen LogP contribution in [0.5, 0.6) is 0 Å². The Morgan fingerprint density at radius 3 is 2.12 bits per heavy atom. The number of nitrogens with zero attached hydrogens (tertiary/aromatic N) is 3. The second-order valence-corrected chi connectivity index (χ2v) is 6.27. The standard InChI is InChI=1S/C19H12F6N4O3/c20-18(21,22)12-3-1-11(2-4-12)17(31)32-8-16(30)28-14-7-13(19(23,24)25)5-6-15(14)29-10-26-9-27-29/h1-7,9-10H,8H2,(H,28,30). The van der Waals surface area contributed by atoms with Gasteiger partial charge in [-0.25, -0.2) is 14.5 Å². The van der Waals surface area contributed by atoms with Crippen LogP contribution >= 0.6 is 0 Å². The average molecular weight is 458 g/mol. The number of ether oxygens (including phenoxy) is 1. The normalized spacial score (nSPS) is 11.8. The molecule has 13 heteroatoms. The molecule has 3 rings (SSSR count). The van der Waals surface area contributed by atoms with Gasteiger partial charge < -0.3 is 10.1 Å². The molecule has 1 N–H and O–H groups in total. The summed E-state index contributed by atoms with van der Waals surface area (Å²) < 4.78 is 82.7. The number of hydrogen-bond acceptors (Lipinski definition) is 5. The molecule has 0 saturated heterocycles. The highest BCUT2D eigenvalue weighted by Crippen LogP contribution is 2.33.